The van der Waals surface area contributed by atoms with Gasteiger partial charge in [-0.1, -0.05) is 0 Å². The van der Waals surface area contributed by atoms with Gasteiger partial charge in [-0.25, -0.2) is 18.7 Å². The van der Waals surface area contributed by atoms with E-state index in [0.717, 1.165) is 25.7 Å². The van der Waals surface area contributed by atoms with Gasteiger partial charge in [0, 0.05) is 5.92 Å². The molecule has 4 fully saturated rings. The summed E-state index contributed by atoms with van der Waals surface area (Å²) in [5, 5.41) is -0.0517. The fourth-order valence-electron chi connectivity index (χ4n) is 5.01. The van der Waals surface area contributed by atoms with E-state index in [1.165, 1.54) is 0 Å². The summed E-state index contributed by atoms with van der Waals surface area (Å²) < 4.78 is 33.6. The monoisotopic (exact) mass is 384 g/mol. The third kappa shape index (κ3) is 3.21. The zero-order chi connectivity index (χ0) is 18.4. The van der Waals surface area contributed by atoms with Crippen LogP contribution in [-0.4, -0.2) is 28.7 Å². The lowest BCUT2D eigenvalue weighted by Crippen LogP contribution is -2.45. The van der Waals surface area contributed by atoms with Crippen LogP contribution in [0, 0.1) is 29.5 Å². The van der Waals surface area contributed by atoms with Crippen LogP contribution in [0.2, 0.25) is 5.28 Å². The molecule has 4 nitrogen and oxygen atoms in total. The van der Waals surface area contributed by atoms with Gasteiger partial charge < -0.3 is 4.74 Å². The van der Waals surface area contributed by atoms with E-state index in [4.69, 9.17) is 16.3 Å². The first-order valence-electron chi connectivity index (χ1n) is 9.52. The summed E-state index contributed by atoms with van der Waals surface area (Å²) in [5.41, 5.74) is 0.298. The Bertz CT molecular complexity index is 709. The van der Waals surface area contributed by atoms with Crippen molar-refractivity contribution in [2.75, 3.05) is 6.61 Å². The van der Waals surface area contributed by atoms with Crippen molar-refractivity contribution in [2.24, 2.45) is 23.7 Å². The normalized spacial score (nSPS) is 35.4. The van der Waals surface area contributed by atoms with Crippen LogP contribution in [0.15, 0.2) is 0 Å². The molecule has 142 valence electrons. The van der Waals surface area contributed by atoms with Gasteiger partial charge in [0.25, 0.3) is 0 Å². The summed E-state index contributed by atoms with van der Waals surface area (Å²) in [7, 11) is 0. The van der Waals surface area contributed by atoms with Crippen molar-refractivity contribution < 1.29 is 18.3 Å². The van der Waals surface area contributed by atoms with Crippen molar-refractivity contribution in [1.29, 1.82) is 0 Å². The Balaban J connectivity index is 1.62. The molecule has 5 rings (SSSR count). The number of alkyl halides is 1. The molecule has 0 aromatic carbocycles. The lowest BCUT2D eigenvalue weighted by Gasteiger charge is -2.47. The van der Waals surface area contributed by atoms with Gasteiger partial charge >= 0.3 is 5.97 Å². The number of carbonyl (C=O) groups is 1. The Hall–Kier alpha value is -1.30. The smallest absolute Gasteiger partial charge is 0.309 e. The highest BCUT2D eigenvalue weighted by Gasteiger charge is 2.48. The third-order valence-electron chi connectivity index (χ3n) is 6.36. The van der Waals surface area contributed by atoms with Crippen LogP contribution < -0.4 is 0 Å². The number of aromatic nitrogens is 2. The van der Waals surface area contributed by atoms with Crippen LogP contribution in [0.1, 0.15) is 56.3 Å². The van der Waals surface area contributed by atoms with Gasteiger partial charge in [0.1, 0.15) is 6.17 Å². The number of halogens is 3. The number of carbonyl (C=O) groups excluding carboxylic acids is 1. The fraction of sp³-hybridized carbons (Fsp3) is 0.737. The largest absolute Gasteiger partial charge is 0.466 e. The zero-order valence-corrected chi connectivity index (χ0v) is 15.5. The first-order valence-corrected chi connectivity index (χ1v) is 9.89. The lowest BCUT2D eigenvalue weighted by molar-refractivity contribution is -0.158. The molecular formula is C19H23ClF2N2O2. The van der Waals surface area contributed by atoms with Crippen molar-refractivity contribution >= 4 is 17.6 Å². The van der Waals surface area contributed by atoms with Gasteiger partial charge in [0.2, 0.25) is 5.28 Å². The predicted molar refractivity (Wildman–Crippen MR) is 92.0 cm³/mol. The second kappa shape index (κ2) is 7.02. The standard InChI is InChI=1S/C19H23ClF2N2O2/c1-2-26-18(25)15-10-5-3-9(4-6-10)11(15)8-14-16(22)17(12-7-13(12)21)24-19(20)23-14/h9-13,15H,2-8H2,1H3/t9?,10?,11-,12?,13?,15-/m0/s1. The number of ether oxygens (including phenoxy) is 1. The Morgan fingerprint density at radius 2 is 1.88 bits per heavy atom. The molecule has 2 unspecified atom stereocenters. The minimum absolute atomic E-state index is 0.00440. The topological polar surface area (TPSA) is 52.1 Å². The molecule has 0 radical (unpaired) electrons. The van der Waals surface area contributed by atoms with Crippen LogP contribution in [0.25, 0.3) is 0 Å². The molecule has 0 aliphatic heterocycles. The molecule has 0 N–H and O–H groups in total. The van der Waals surface area contributed by atoms with Crippen LogP contribution in [0.3, 0.4) is 0 Å². The van der Waals surface area contributed by atoms with Crippen LogP contribution >= 0.6 is 11.6 Å². The molecule has 0 saturated heterocycles. The number of hydrogen-bond donors (Lipinski definition) is 0. The second-order valence-electron chi connectivity index (χ2n) is 7.82. The number of esters is 1. The molecular weight excluding hydrogens is 362 g/mol. The molecule has 7 heteroatoms. The molecule has 26 heavy (non-hydrogen) atoms. The van der Waals surface area contributed by atoms with Gasteiger partial charge in [0.05, 0.1) is 23.9 Å². The van der Waals surface area contributed by atoms with E-state index >= 15 is 0 Å². The van der Waals surface area contributed by atoms with Gasteiger partial charge in [-0.2, -0.15) is 0 Å². The number of hydrogen-bond acceptors (Lipinski definition) is 4. The highest BCUT2D eigenvalue weighted by atomic mass is 35.5. The molecule has 0 amide bonds. The van der Waals surface area contributed by atoms with Crippen LogP contribution in [0.4, 0.5) is 8.78 Å². The highest BCUT2D eigenvalue weighted by molar-refractivity contribution is 6.28. The molecule has 1 aromatic heterocycles. The van der Waals surface area contributed by atoms with E-state index in [1.807, 2.05) is 0 Å². The first-order chi connectivity index (χ1) is 12.5. The van der Waals surface area contributed by atoms with Crippen LogP contribution in [-0.2, 0) is 16.0 Å². The van der Waals surface area contributed by atoms with Crippen molar-refractivity contribution in [3.8, 4) is 0 Å². The third-order valence-corrected chi connectivity index (χ3v) is 6.53. The molecule has 0 spiro atoms. The van der Waals surface area contributed by atoms with E-state index in [9.17, 15) is 13.6 Å². The summed E-state index contributed by atoms with van der Waals surface area (Å²) >= 11 is 5.98. The van der Waals surface area contributed by atoms with E-state index in [0.29, 0.717) is 24.9 Å². The zero-order valence-electron chi connectivity index (χ0n) is 14.8. The molecule has 4 aliphatic rings. The SMILES string of the molecule is CCOC(=O)[C@H]1C2CCC(CC2)[C@@H]1Cc1nc(Cl)nc(C2CC2F)c1F. The van der Waals surface area contributed by atoms with Crippen molar-refractivity contribution in [2.45, 2.75) is 57.5 Å². The molecule has 1 heterocycles. The van der Waals surface area contributed by atoms with E-state index in [1.54, 1.807) is 6.92 Å². The Labute approximate surface area is 156 Å². The summed E-state index contributed by atoms with van der Waals surface area (Å²) in [6, 6.07) is 0. The number of fused-ring (bicyclic) bond motifs is 3. The van der Waals surface area contributed by atoms with Gasteiger partial charge in [-0.15, -0.1) is 0 Å². The molecule has 1 aromatic rings. The average Bonchev–Trinajstić information content (AvgIpc) is 3.35. The Morgan fingerprint density at radius 3 is 2.50 bits per heavy atom. The van der Waals surface area contributed by atoms with Crippen molar-refractivity contribution in [1.82, 2.24) is 9.97 Å². The molecule has 2 bridgehead atoms. The maximum atomic E-state index is 14.9. The van der Waals surface area contributed by atoms with Gasteiger partial charge in [-0.05, 0) is 74.8 Å². The number of nitrogens with zero attached hydrogens (tertiary/aromatic N) is 2. The molecule has 4 aliphatic carbocycles. The summed E-state index contributed by atoms with van der Waals surface area (Å²) in [4.78, 5) is 20.6. The number of rotatable bonds is 5. The second-order valence-corrected chi connectivity index (χ2v) is 8.16. The maximum absolute atomic E-state index is 14.9. The minimum Gasteiger partial charge on any atom is -0.466 e. The summed E-state index contributed by atoms with van der Waals surface area (Å²) in [6.07, 6.45) is 3.70. The highest BCUT2D eigenvalue weighted by Crippen LogP contribution is 2.51. The Morgan fingerprint density at radius 1 is 1.23 bits per heavy atom. The van der Waals surface area contributed by atoms with Crippen molar-refractivity contribution in [3.05, 3.63) is 22.5 Å². The minimum atomic E-state index is -1.05. The fourth-order valence-corrected chi connectivity index (χ4v) is 5.20. The lowest BCUT2D eigenvalue weighted by atomic mass is 9.57. The predicted octanol–water partition coefficient (Wildman–Crippen LogP) is 4.25. The maximum Gasteiger partial charge on any atom is 0.309 e. The first kappa shape index (κ1) is 18.1. The summed E-state index contributed by atoms with van der Waals surface area (Å²) in [5.74, 6) is -0.812. The van der Waals surface area contributed by atoms with E-state index in [2.05, 4.69) is 9.97 Å². The molecule has 4 saturated carbocycles. The summed E-state index contributed by atoms with van der Waals surface area (Å²) in [6.45, 7) is 2.14. The van der Waals surface area contributed by atoms with E-state index < -0.39 is 17.9 Å². The van der Waals surface area contributed by atoms with Gasteiger partial charge in [0.15, 0.2) is 5.82 Å². The Kier molecular flexibility index (Phi) is 4.88. The van der Waals surface area contributed by atoms with Gasteiger partial charge in [-0.3, -0.25) is 4.79 Å². The van der Waals surface area contributed by atoms with Crippen molar-refractivity contribution in [3.63, 3.8) is 0 Å². The average molecular weight is 385 g/mol. The quantitative estimate of drug-likeness (QED) is 0.562. The molecule has 4 atom stereocenters. The van der Waals surface area contributed by atoms with Crippen LogP contribution in [0.5, 0.6) is 0 Å². The van der Waals surface area contributed by atoms with E-state index in [-0.39, 0.29) is 40.9 Å².